The number of fused-ring (bicyclic) bond motifs is 1. The van der Waals surface area contributed by atoms with Gasteiger partial charge in [-0.3, -0.25) is 4.79 Å². The molecule has 7 heteroatoms. The lowest BCUT2D eigenvalue weighted by Crippen LogP contribution is -2.50. The number of benzene rings is 2. The van der Waals surface area contributed by atoms with Crippen LogP contribution in [0.3, 0.4) is 0 Å². The van der Waals surface area contributed by atoms with Crippen molar-refractivity contribution in [1.29, 1.82) is 0 Å². The molecule has 0 aliphatic carbocycles. The number of amides is 2. The van der Waals surface area contributed by atoms with Gasteiger partial charge in [0.25, 0.3) is 0 Å². The lowest BCUT2D eigenvalue weighted by Gasteiger charge is -2.43. The molecule has 164 valence electrons. The predicted octanol–water partition coefficient (Wildman–Crippen LogP) is 4.22. The molecule has 0 radical (unpaired) electrons. The first-order chi connectivity index (χ1) is 14.8. The summed E-state index contributed by atoms with van der Waals surface area (Å²) < 4.78 is 10.5. The number of hydrogen-bond acceptors (Lipinski definition) is 5. The van der Waals surface area contributed by atoms with Crippen LogP contribution in [0, 0.1) is 5.92 Å². The average molecular weight is 424 g/mol. The molecule has 0 fully saturated rings. The number of esters is 1. The molecule has 1 aliphatic rings. The molecule has 31 heavy (non-hydrogen) atoms. The third-order valence-corrected chi connectivity index (χ3v) is 5.65. The highest BCUT2D eigenvalue weighted by Crippen LogP contribution is 2.41. The fourth-order valence-electron chi connectivity index (χ4n) is 3.94. The van der Waals surface area contributed by atoms with Gasteiger partial charge in [0.2, 0.25) is 5.91 Å². The van der Waals surface area contributed by atoms with Crippen LogP contribution in [0.15, 0.2) is 48.5 Å². The van der Waals surface area contributed by atoms with E-state index in [4.69, 9.17) is 9.47 Å². The lowest BCUT2D eigenvalue weighted by atomic mass is 9.82. The van der Waals surface area contributed by atoms with Gasteiger partial charge in [0.05, 0.1) is 18.2 Å². The summed E-state index contributed by atoms with van der Waals surface area (Å²) in [4.78, 5) is 38.9. The van der Waals surface area contributed by atoms with Crippen molar-refractivity contribution < 1.29 is 23.9 Å². The highest BCUT2D eigenvalue weighted by atomic mass is 16.5. The molecule has 1 unspecified atom stereocenters. The molecule has 2 aromatic carbocycles. The quantitative estimate of drug-likeness (QED) is 0.727. The van der Waals surface area contributed by atoms with Crippen molar-refractivity contribution in [3.05, 3.63) is 65.2 Å². The van der Waals surface area contributed by atoms with Gasteiger partial charge in [-0.2, -0.15) is 0 Å². The van der Waals surface area contributed by atoms with E-state index in [-0.39, 0.29) is 31.1 Å². The molecule has 1 heterocycles. The van der Waals surface area contributed by atoms with Crippen molar-refractivity contribution in [3.8, 4) is 0 Å². The Hall–Kier alpha value is -3.35. The second kappa shape index (κ2) is 9.64. The second-order valence-electron chi connectivity index (χ2n) is 7.67. The standard InChI is InChI=1S/C24H28N2O5/c1-5-30-23(28)19-11-12-21-20(13-19)22(15(2)16(3)26(21)17(4)27)25-24(29)31-14-18-9-7-6-8-10-18/h6-13,15-16,22H,5,14H2,1-4H3,(H,25,29)/t15-,16-,22?/m0/s1. The monoisotopic (exact) mass is 424 g/mol. The Kier molecular flexibility index (Phi) is 6.95. The van der Waals surface area contributed by atoms with Crippen molar-refractivity contribution in [2.75, 3.05) is 11.5 Å². The molecule has 0 spiro atoms. The van der Waals surface area contributed by atoms with Crippen molar-refractivity contribution in [2.24, 2.45) is 5.92 Å². The van der Waals surface area contributed by atoms with Crippen LogP contribution in [0.5, 0.6) is 0 Å². The number of nitrogens with zero attached hydrogens (tertiary/aromatic N) is 1. The molecule has 0 saturated carbocycles. The number of anilines is 1. The molecule has 3 atom stereocenters. The van der Waals surface area contributed by atoms with Crippen molar-refractivity contribution in [1.82, 2.24) is 5.32 Å². The number of rotatable bonds is 5. The van der Waals surface area contributed by atoms with Gasteiger partial charge >= 0.3 is 12.1 Å². The summed E-state index contributed by atoms with van der Waals surface area (Å²) in [5.74, 6) is -0.663. The highest BCUT2D eigenvalue weighted by molar-refractivity contribution is 5.96. The van der Waals surface area contributed by atoms with Crippen LogP contribution in [0.2, 0.25) is 0 Å². The van der Waals surface area contributed by atoms with Crippen LogP contribution in [-0.2, 0) is 20.9 Å². The van der Waals surface area contributed by atoms with E-state index >= 15 is 0 Å². The maximum absolute atomic E-state index is 12.6. The van der Waals surface area contributed by atoms with E-state index in [0.717, 1.165) is 5.56 Å². The molecular formula is C24H28N2O5. The molecule has 7 nitrogen and oxygen atoms in total. The molecule has 0 saturated heterocycles. The Labute approximate surface area is 182 Å². The maximum Gasteiger partial charge on any atom is 0.407 e. The summed E-state index contributed by atoms with van der Waals surface area (Å²) >= 11 is 0. The SMILES string of the molecule is CCOC(=O)c1ccc2c(c1)C(NC(=O)OCc1ccccc1)[C@@H](C)[C@H](C)N2C(C)=O. The Morgan fingerprint density at radius 1 is 1.03 bits per heavy atom. The average Bonchev–Trinajstić information content (AvgIpc) is 2.76. The zero-order valence-electron chi connectivity index (χ0n) is 18.3. The van der Waals surface area contributed by atoms with Gasteiger partial charge in [-0.15, -0.1) is 0 Å². The van der Waals surface area contributed by atoms with Gasteiger partial charge in [-0.1, -0.05) is 37.3 Å². The maximum atomic E-state index is 12.6. The summed E-state index contributed by atoms with van der Waals surface area (Å²) in [6.45, 7) is 7.56. The predicted molar refractivity (Wildman–Crippen MR) is 117 cm³/mol. The Balaban J connectivity index is 1.89. The van der Waals surface area contributed by atoms with Crippen LogP contribution >= 0.6 is 0 Å². The lowest BCUT2D eigenvalue weighted by molar-refractivity contribution is -0.117. The van der Waals surface area contributed by atoms with Crippen LogP contribution in [0.1, 0.15) is 55.2 Å². The largest absolute Gasteiger partial charge is 0.462 e. The topological polar surface area (TPSA) is 84.9 Å². The van der Waals surface area contributed by atoms with E-state index in [1.807, 2.05) is 44.2 Å². The molecule has 2 amide bonds. The molecule has 3 rings (SSSR count). The van der Waals surface area contributed by atoms with E-state index in [1.54, 1.807) is 30.0 Å². The van der Waals surface area contributed by atoms with Crippen molar-refractivity contribution >= 4 is 23.7 Å². The third-order valence-electron chi connectivity index (χ3n) is 5.65. The van der Waals surface area contributed by atoms with Crippen LogP contribution in [0.25, 0.3) is 0 Å². The highest BCUT2D eigenvalue weighted by Gasteiger charge is 2.39. The number of alkyl carbamates (subject to hydrolysis) is 1. The van der Waals surface area contributed by atoms with Gasteiger partial charge in [0.15, 0.2) is 0 Å². The fraction of sp³-hybridized carbons (Fsp3) is 0.375. The number of ether oxygens (including phenoxy) is 2. The Bertz CT molecular complexity index is 960. The van der Waals surface area contributed by atoms with E-state index in [1.165, 1.54) is 6.92 Å². The number of hydrogen-bond donors (Lipinski definition) is 1. The van der Waals surface area contributed by atoms with Crippen LogP contribution in [0.4, 0.5) is 10.5 Å². The Morgan fingerprint density at radius 2 is 1.74 bits per heavy atom. The van der Waals surface area contributed by atoms with Crippen molar-refractivity contribution in [2.45, 2.75) is 46.4 Å². The van der Waals surface area contributed by atoms with Crippen LogP contribution in [-0.4, -0.2) is 30.6 Å². The normalized spacial score (nSPS) is 19.9. The van der Waals surface area contributed by atoms with Gasteiger partial charge in [0, 0.05) is 24.6 Å². The Morgan fingerprint density at radius 3 is 2.39 bits per heavy atom. The van der Waals surface area contributed by atoms with Crippen LogP contribution < -0.4 is 10.2 Å². The van der Waals surface area contributed by atoms with Gasteiger partial charge < -0.3 is 19.7 Å². The zero-order valence-corrected chi connectivity index (χ0v) is 18.3. The van der Waals surface area contributed by atoms with Crippen molar-refractivity contribution in [3.63, 3.8) is 0 Å². The molecule has 0 bridgehead atoms. The minimum Gasteiger partial charge on any atom is -0.462 e. The molecule has 2 aromatic rings. The molecule has 1 N–H and O–H groups in total. The first-order valence-electron chi connectivity index (χ1n) is 10.4. The minimum atomic E-state index is -0.559. The third kappa shape index (κ3) is 4.87. The smallest absolute Gasteiger partial charge is 0.407 e. The van der Waals surface area contributed by atoms with E-state index in [2.05, 4.69) is 5.32 Å². The fourth-order valence-corrected chi connectivity index (χ4v) is 3.94. The second-order valence-corrected chi connectivity index (χ2v) is 7.67. The zero-order chi connectivity index (χ0) is 22.5. The minimum absolute atomic E-state index is 0.102. The molecular weight excluding hydrogens is 396 g/mol. The van der Waals surface area contributed by atoms with Gasteiger partial charge in [-0.05, 0) is 43.2 Å². The number of nitrogens with one attached hydrogen (secondary N) is 1. The first kappa shape index (κ1) is 22.3. The summed E-state index contributed by atoms with van der Waals surface area (Å²) in [7, 11) is 0. The first-order valence-corrected chi connectivity index (χ1v) is 10.4. The number of carbonyl (C=O) groups excluding carboxylic acids is 3. The van der Waals surface area contributed by atoms with E-state index in [0.29, 0.717) is 16.8 Å². The summed E-state index contributed by atoms with van der Waals surface area (Å²) in [5.41, 5.74) is 2.60. The number of carbonyl (C=O) groups is 3. The van der Waals surface area contributed by atoms with E-state index in [9.17, 15) is 14.4 Å². The molecule has 0 aromatic heterocycles. The summed E-state index contributed by atoms with van der Waals surface area (Å²) in [6.07, 6.45) is -0.559. The van der Waals surface area contributed by atoms with E-state index < -0.39 is 18.1 Å². The summed E-state index contributed by atoms with van der Waals surface area (Å²) in [6, 6.07) is 13.9. The molecule has 1 aliphatic heterocycles. The summed E-state index contributed by atoms with van der Waals surface area (Å²) in [5, 5.41) is 2.93. The van der Waals surface area contributed by atoms with Gasteiger partial charge in [0.1, 0.15) is 6.61 Å². The van der Waals surface area contributed by atoms with Gasteiger partial charge in [-0.25, -0.2) is 9.59 Å².